The summed E-state index contributed by atoms with van der Waals surface area (Å²) in [6.07, 6.45) is -4.94. The lowest BCUT2D eigenvalue weighted by atomic mass is 10.1. The number of hydrogen-bond donors (Lipinski definition) is 3. The van der Waals surface area contributed by atoms with Gasteiger partial charge in [-0.2, -0.15) is 18.3 Å². The standard InChI is InChI=1S/C22H21F3N4O4.C2H6/c1-12(27-28-19(31)9-8-18(26)30)20-16-7-6-13(22(23,24)25)10-17(16)29(21(20)32)14-4-3-5-15(11-14)33-2;1-2/h3-7,10-11,32H,8-9H2,1-2H3,(H2,26,30)(H,28,31);1-2H3/b27-12+;. The monoisotopic (exact) mass is 492 g/mol. The number of primary amides is 1. The zero-order chi connectivity index (χ0) is 26.3. The Kier molecular flexibility index (Phi) is 8.87. The smallest absolute Gasteiger partial charge is 0.416 e. The van der Waals surface area contributed by atoms with Crippen molar-refractivity contribution in [3.63, 3.8) is 0 Å². The van der Waals surface area contributed by atoms with Crippen molar-refractivity contribution in [1.82, 2.24) is 9.99 Å². The number of aromatic nitrogens is 1. The maximum Gasteiger partial charge on any atom is 0.416 e. The normalized spacial score (nSPS) is 11.6. The van der Waals surface area contributed by atoms with E-state index in [-0.39, 0.29) is 40.9 Å². The molecule has 3 rings (SSSR count). The summed E-state index contributed by atoms with van der Waals surface area (Å²) in [5, 5.41) is 15.2. The molecule has 0 fully saturated rings. The van der Waals surface area contributed by atoms with Gasteiger partial charge in [-0.3, -0.25) is 14.2 Å². The zero-order valence-corrected chi connectivity index (χ0v) is 19.7. The number of rotatable bonds is 7. The molecule has 0 aliphatic heterocycles. The van der Waals surface area contributed by atoms with E-state index >= 15 is 0 Å². The van der Waals surface area contributed by atoms with Crippen molar-refractivity contribution in [1.29, 1.82) is 0 Å². The van der Waals surface area contributed by atoms with E-state index in [1.54, 1.807) is 24.3 Å². The van der Waals surface area contributed by atoms with Gasteiger partial charge in [-0.15, -0.1) is 0 Å². The molecule has 11 heteroatoms. The van der Waals surface area contributed by atoms with E-state index < -0.39 is 23.6 Å². The van der Waals surface area contributed by atoms with Crippen LogP contribution in [0.25, 0.3) is 16.6 Å². The van der Waals surface area contributed by atoms with Gasteiger partial charge in [0, 0.05) is 24.3 Å². The Morgan fingerprint density at radius 1 is 1.14 bits per heavy atom. The van der Waals surface area contributed by atoms with Crippen molar-refractivity contribution in [2.24, 2.45) is 10.8 Å². The van der Waals surface area contributed by atoms with Crippen LogP contribution in [0.5, 0.6) is 11.6 Å². The number of carbonyl (C=O) groups excluding carboxylic acids is 2. The molecule has 1 aromatic heterocycles. The highest BCUT2D eigenvalue weighted by Crippen LogP contribution is 2.39. The fraction of sp³-hybridized carbons (Fsp3) is 0.292. The zero-order valence-electron chi connectivity index (χ0n) is 19.7. The highest BCUT2D eigenvalue weighted by Gasteiger charge is 2.32. The van der Waals surface area contributed by atoms with E-state index in [2.05, 4.69) is 10.5 Å². The molecule has 188 valence electrons. The van der Waals surface area contributed by atoms with Gasteiger partial charge in [0.25, 0.3) is 0 Å². The minimum Gasteiger partial charge on any atom is -0.497 e. The van der Waals surface area contributed by atoms with Crippen LogP contribution >= 0.6 is 0 Å². The van der Waals surface area contributed by atoms with Gasteiger partial charge in [-0.1, -0.05) is 26.0 Å². The van der Waals surface area contributed by atoms with Crippen LogP contribution in [0, 0.1) is 0 Å². The number of nitrogens with zero attached hydrogens (tertiary/aromatic N) is 2. The van der Waals surface area contributed by atoms with Crippen LogP contribution in [0.4, 0.5) is 13.2 Å². The third kappa shape index (κ3) is 6.31. The maximum absolute atomic E-state index is 13.4. The summed E-state index contributed by atoms with van der Waals surface area (Å²) in [7, 11) is 1.44. The van der Waals surface area contributed by atoms with Gasteiger partial charge < -0.3 is 15.6 Å². The lowest BCUT2D eigenvalue weighted by Crippen LogP contribution is -2.21. The number of halogens is 3. The number of amides is 2. The van der Waals surface area contributed by atoms with Crippen LogP contribution in [0.2, 0.25) is 0 Å². The number of hydrogen-bond acceptors (Lipinski definition) is 5. The second kappa shape index (κ2) is 11.4. The van der Waals surface area contributed by atoms with Gasteiger partial charge in [-0.05, 0) is 31.2 Å². The first-order valence-electron chi connectivity index (χ1n) is 10.7. The lowest BCUT2D eigenvalue weighted by molar-refractivity contribution is -0.137. The molecule has 1 heterocycles. The van der Waals surface area contributed by atoms with E-state index in [0.29, 0.717) is 11.4 Å². The SMILES string of the molecule is CC.COc1cccc(-n2c(O)c(/C(C)=N/NC(=O)CCC(N)=O)c3ccc(C(F)(F)F)cc32)c1. The van der Waals surface area contributed by atoms with Crippen LogP contribution in [0.1, 0.15) is 44.7 Å². The number of carbonyl (C=O) groups is 2. The molecule has 0 spiro atoms. The summed E-state index contributed by atoms with van der Waals surface area (Å²) in [5.74, 6) is -1.16. The molecular weight excluding hydrogens is 465 g/mol. The Balaban J connectivity index is 0.00000210. The molecule has 4 N–H and O–H groups in total. The number of methoxy groups -OCH3 is 1. The van der Waals surface area contributed by atoms with Gasteiger partial charge >= 0.3 is 6.18 Å². The Bertz CT molecular complexity index is 1250. The van der Waals surface area contributed by atoms with E-state index in [0.717, 1.165) is 12.1 Å². The Hall–Kier alpha value is -4.02. The molecule has 2 aromatic carbocycles. The van der Waals surface area contributed by atoms with Crippen molar-refractivity contribution in [3.05, 3.63) is 53.6 Å². The third-order valence-corrected chi connectivity index (χ3v) is 4.89. The number of nitrogens with two attached hydrogens (primary N) is 1. The fourth-order valence-electron chi connectivity index (χ4n) is 3.31. The Morgan fingerprint density at radius 3 is 2.43 bits per heavy atom. The maximum atomic E-state index is 13.4. The average molecular weight is 492 g/mol. The number of alkyl halides is 3. The Labute approximate surface area is 200 Å². The third-order valence-electron chi connectivity index (χ3n) is 4.89. The summed E-state index contributed by atoms with van der Waals surface area (Å²) in [6, 6.07) is 9.51. The van der Waals surface area contributed by atoms with Gasteiger partial charge in [0.05, 0.1) is 35.2 Å². The van der Waals surface area contributed by atoms with Gasteiger partial charge in [0.2, 0.25) is 17.7 Å². The summed E-state index contributed by atoms with van der Waals surface area (Å²) < 4.78 is 46.6. The molecule has 0 atom stereocenters. The quantitative estimate of drug-likeness (QED) is 0.332. The van der Waals surface area contributed by atoms with Gasteiger partial charge in [0.15, 0.2) is 0 Å². The first-order valence-corrected chi connectivity index (χ1v) is 10.7. The van der Waals surface area contributed by atoms with Crippen molar-refractivity contribution < 1.29 is 32.6 Å². The van der Waals surface area contributed by atoms with Crippen molar-refractivity contribution in [2.75, 3.05) is 7.11 Å². The largest absolute Gasteiger partial charge is 0.497 e. The molecule has 3 aromatic rings. The molecule has 0 saturated carbocycles. The predicted octanol–water partition coefficient (Wildman–Crippen LogP) is 4.50. The summed E-state index contributed by atoms with van der Waals surface area (Å²) in [4.78, 5) is 22.7. The van der Waals surface area contributed by atoms with Crippen molar-refractivity contribution in [2.45, 2.75) is 39.8 Å². The second-order valence-corrected chi connectivity index (χ2v) is 7.16. The minimum absolute atomic E-state index is 0.0835. The number of aromatic hydroxyl groups is 1. The first-order chi connectivity index (χ1) is 16.5. The summed E-state index contributed by atoms with van der Waals surface area (Å²) in [6.45, 7) is 5.48. The lowest BCUT2D eigenvalue weighted by Gasteiger charge is -2.11. The molecule has 0 bridgehead atoms. The number of benzene rings is 2. The van der Waals surface area contributed by atoms with Crippen LogP contribution in [-0.4, -0.2) is 34.3 Å². The average Bonchev–Trinajstić information content (AvgIpc) is 3.12. The van der Waals surface area contributed by atoms with Crippen molar-refractivity contribution >= 4 is 28.4 Å². The molecule has 0 aliphatic rings. The van der Waals surface area contributed by atoms with E-state index in [1.807, 2.05) is 13.8 Å². The summed E-state index contributed by atoms with van der Waals surface area (Å²) >= 11 is 0. The summed E-state index contributed by atoms with van der Waals surface area (Å²) in [5.41, 5.74) is 7.10. The van der Waals surface area contributed by atoms with Gasteiger partial charge in [-0.25, -0.2) is 5.43 Å². The van der Waals surface area contributed by atoms with Gasteiger partial charge in [0.1, 0.15) is 5.75 Å². The van der Waals surface area contributed by atoms with Crippen LogP contribution in [0.15, 0.2) is 47.6 Å². The number of fused-ring (bicyclic) bond motifs is 1. The fourth-order valence-corrected chi connectivity index (χ4v) is 3.31. The second-order valence-electron chi connectivity index (χ2n) is 7.16. The highest BCUT2D eigenvalue weighted by molar-refractivity contribution is 6.13. The highest BCUT2D eigenvalue weighted by atomic mass is 19.4. The number of ether oxygens (including phenoxy) is 1. The molecule has 8 nitrogen and oxygen atoms in total. The van der Waals surface area contributed by atoms with Crippen LogP contribution in [-0.2, 0) is 15.8 Å². The van der Waals surface area contributed by atoms with Crippen LogP contribution in [0.3, 0.4) is 0 Å². The number of hydrazone groups is 1. The molecular formula is C24H27F3N4O4. The van der Waals surface area contributed by atoms with Crippen LogP contribution < -0.4 is 15.9 Å². The minimum atomic E-state index is -4.59. The molecule has 0 saturated heterocycles. The molecule has 35 heavy (non-hydrogen) atoms. The van der Waals surface area contributed by atoms with Crippen molar-refractivity contribution in [3.8, 4) is 17.3 Å². The predicted molar refractivity (Wildman–Crippen MR) is 127 cm³/mol. The Morgan fingerprint density at radius 2 is 1.83 bits per heavy atom. The number of nitrogens with one attached hydrogen (secondary N) is 1. The van der Waals surface area contributed by atoms with E-state index in [1.165, 1.54) is 24.7 Å². The van der Waals surface area contributed by atoms with E-state index in [4.69, 9.17) is 10.5 Å². The molecule has 0 unspecified atom stereocenters. The topological polar surface area (TPSA) is 119 Å². The first kappa shape index (κ1) is 27.2. The molecule has 0 aliphatic carbocycles. The van der Waals surface area contributed by atoms with E-state index in [9.17, 15) is 27.9 Å². The molecule has 2 amide bonds. The molecule has 0 radical (unpaired) electrons.